The molecule has 0 aliphatic rings. The number of aromatic nitrogens is 4. The van der Waals surface area contributed by atoms with E-state index in [1.54, 1.807) is 12.3 Å². The Balaban J connectivity index is 2.23. The molecular formula is C20H21F5N4O2SSn. The molecule has 0 aliphatic carbocycles. The first-order valence-corrected chi connectivity index (χ1v) is 14.3. The zero-order chi connectivity index (χ0) is 25.0. The van der Waals surface area contributed by atoms with Crippen molar-refractivity contribution in [2.45, 2.75) is 48.1 Å². The molecule has 33 heavy (non-hydrogen) atoms. The number of sulfone groups is 1. The van der Waals surface area contributed by atoms with E-state index in [0.29, 0.717) is 12.3 Å². The number of aryl methyl sites for hydroxylation is 1. The Morgan fingerprint density at radius 2 is 1.67 bits per heavy atom. The zero-order valence-corrected chi connectivity index (χ0v) is 22.1. The van der Waals surface area contributed by atoms with E-state index in [2.05, 4.69) is 35.7 Å². The van der Waals surface area contributed by atoms with Gasteiger partial charge in [-0.1, -0.05) is 0 Å². The van der Waals surface area contributed by atoms with Gasteiger partial charge in [0.15, 0.2) is 0 Å². The number of alkyl halides is 5. The maximum absolute atomic E-state index is 13.8. The first-order valence-electron chi connectivity index (χ1n) is 9.77. The van der Waals surface area contributed by atoms with Crippen LogP contribution in [-0.4, -0.2) is 61.0 Å². The Labute approximate surface area is 197 Å². The fourth-order valence-electron chi connectivity index (χ4n) is 3.13. The Bertz CT molecular complexity index is 1310. The molecule has 3 aromatic heterocycles. The third kappa shape index (κ3) is 5.00. The topological polar surface area (TPSA) is 77.7 Å². The Hall–Kier alpha value is -1.83. The summed E-state index contributed by atoms with van der Waals surface area (Å²) >= 11 is -1.20. The first kappa shape index (κ1) is 25.8. The van der Waals surface area contributed by atoms with Crippen molar-refractivity contribution in [2.75, 3.05) is 5.75 Å². The van der Waals surface area contributed by atoms with E-state index in [1.807, 2.05) is 0 Å². The van der Waals surface area contributed by atoms with Crippen LogP contribution in [0.2, 0.25) is 3.43 Å². The second-order valence-corrected chi connectivity index (χ2v) is 17.4. The number of imidazole rings is 1. The number of hydrogen-bond donors (Lipinski definition) is 0. The predicted molar refractivity (Wildman–Crippen MR) is 115 cm³/mol. The molecule has 3 heterocycles. The molecule has 0 saturated heterocycles. The van der Waals surface area contributed by atoms with Gasteiger partial charge in [0.25, 0.3) is 0 Å². The quantitative estimate of drug-likeness (QED) is 0.329. The molecular weight excluding hydrogens is 574 g/mol. The zero-order valence-electron chi connectivity index (χ0n) is 18.4. The molecule has 3 rings (SSSR count). The summed E-state index contributed by atoms with van der Waals surface area (Å²) in [5, 5.41) is 0. The van der Waals surface area contributed by atoms with Crippen molar-refractivity contribution in [3.63, 3.8) is 0 Å². The minimum atomic E-state index is -5.79. The van der Waals surface area contributed by atoms with Crippen LogP contribution in [0, 0.1) is 0 Å². The molecule has 3 aromatic rings. The summed E-state index contributed by atoms with van der Waals surface area (Å²) in [4.78, 5) is 12.2. The van der Waals surface area contributed by atoms with E-state index in [0.717, 1.165) is 3.58 Å². The van der Waals surface area contributed by atoms with Crippen molar-refractivity contribution >= 4 is 45.7 Å². The van der Waals surface area contributed by atoms with Crippen molar-refractivity contribution in [2.24, 2.45) is 7.05 Å². The third-order valence-corrected chi connectivity index (χ3v) is 10.2. The molecule has 0 unspecified atom stereocenters. The molecule has 0 aliphatic heterocycles. The van der Waals surface area contributed by atoms with Gasteiger partial charge in [-0.05, 0) is 0 Å². The van der Waals surface area contributed by atoms with Crippen molar-refractivity contribution in [3.05, 3.63) is 30.1 Å². The van der Waals surface area contributed by atoms with Gasteiger partial charge in [-0.2, -0.15) is 0 Å². The van der Waals surface area contributed by atoms with Gasteiger partial charge >= 0.3 is 198 Å². The average molecular weight is 595 g/mol. The monoisotopic (exact) mass is 596 g/mol. The molecule has 2 radical (unpaired) electrons. The van der Waals surface area contributed by atoms with Crippen LogP contribution in [0.15, 0.2) is 29.4 Å². The third-order valence-electron chi connectivity index (χ3n) is 4.73. The number of pyridine rings is 2. The van der Waals surface area contributed by atoms with E-state index in [1.165, 1.54) is 18.5 Å². The van der Waals surface area contributed by atoms with Crippen LogP contribution in [0.3, 0.4) is 0 Å². The fourth-order valence-corrected chi connectivity index (χ4v) is 7.94. The summed E-state index contributed by atoms with van der Waals surface area (Å²) in [6.07, 6.45) is -3.77. The maximum atomic E-state index is 13.8. The van der Waals surface area contributed by atoms with Gasteiger partial charge < -0.3 is 0 Å². The summed E-state index contributed by atoms with van der Waals surface area (Å²) in [5.41, 5.74) is -1.57. The molecule has 13 heteroatoms. The SMILES string of the molecule is CCS(=O)(=O)c1c[c]([Sn][C](C)(C)C)cnc1-c1nc2cc(C(F)(F)C(F)(F)F)cnc2n1C. The molecule has 0 N–H and O–H groups in total. The average Bonchev–Trinajstić information content (AvgIpc) is 3.01. The standard InChI is InChI=1S/C16H12F5N4O2S.C4H9.Sn/c1-3-28(26,27)11-5-4-6-22-12(11)14-24-10-7-9(8-23-13(10)25(14)2)15(17,18)16(19,20)21;1-4(2)3;/h5-8H,3H2,1-2H3;1-3H3;. The van der Waals surface area contributed by atoms with E-state index in [-0.39, 0.29) is 36.8 Å². The van der Waals surface area contributed by atoms with Crippen LogP contribution in [0.1, 0.15) is 33.3 Å². The molecule has 178 valence electrons. The molecule has 0 atom stereocenters. The molecule has 0 spiro atoms. The number of hydrogen-bond acceptors (Lipinski definition) is 5. The van der Waals surface area contributed by atoms with Gasteiger partial charge in [0.05, 0.1) is 0 Å². The van der Waals surface area contributed by atoms with Crippen LogP contribution in [0.5, 0.6) is 0 Å². The predicted octanol–water partition coefficient (Wildman–Crippen LogP) is 4.03. The Kier molecular flexibility index (Phi) is 6.59. The second-order valence-electron chi connectivity index (χ2n) is 8.48. The van der Waals surface area contributed by atoms with Gasteiger partial charge in [0, 0.05) is 0 Å². The van der Waals surface area contributed by atoms with Crippen LogP contribution in [0.4, 0.5) is 22.0 Å². The van der Waals surface area contributed by atoms with Crippen LogP contribution in [0.25, 0.3) is 22.7 Å². The molecule has 0 bridgehead atoms. The van der Waals surface area contributed by atoms with Crippen molar-refractivity contribution in [1.82, 2.24) is 19.5 Å². The molecule has 0 saturated carbocycles. The normalized spacial score (nSPS) is 13.6. The number of rotatable bonds is 5. The van der Waals surface area contributed by atoms with Gasteiger partial charge in [-0.15, -0.1) is 0 Å². The van der Waals surface area contributed by atoms with Gasteiger partial charge in [0.2, 0.25) is 0 Å². The summed E-state index contributed by atoms with van der Waals surface area (Å²) in [6, 6.07) is 2.18. The summed E-state index contributed by atoms with van der Waals surface area (Å²) < 4.78 is 93.8. The van der Waals surface area contributed by atoms with Crippen LogP contribution < -0.4 is 3.58 Å². The Morgan fingerprint density at radius 1 is 1.03 bits per heavy atom. The minimum absolute atomic E-state index is 0.00137. The van der Waals surface area contributed by atoms with E-state index >= 15 is 0 Å². The van der Waals surface area contributed by atoms with Crippen molar-refractivity contribution in [3.8, 4) is 11.5 Å². The molecule has 0 aromatic carbocycles. The molecule has 6 nitrogen and oxygen atoms in total. The van der Waals surface area contributed by atoms with Gasteiger partial charge in [0.1, 0.15) is 0 Å². The van der Waals surface area contributed by atoms with Crippen molar-refractivity contribution < 1.29 is 30.4 Å². The number of fused-ring (bicyclic) bond motifs is 1. The van der Waals surface area contributed by atoms with Gasteiger partial charge in [-0.25, -0.2) is 0 Å². The number of nitrogens with zero attached hydrogens (tertiary/aromatic N) is 4. The van der Waals surface area contributed by atoms with Crippen LogP contribution in [-0.2, 0) is 22.8 Å². The Morgan fingerprint density at radius 3 is 2.21 bits per heavy atom. The summed E-state index contributed by atoms with van der Waals surface area (Å²) in [6.45, 7) is 7.67. The first-order chi connectivity index (χ1) is 15.0. The molecule has 0 amide bonds. The van der Waals surface area contributed by atoms with E-state index < -0.39 is 48.6 Å². The fraction of sp³-hybridized carbons (Fsp3) is 0.450. The van der Waals surface area contributed by atoms with Gasteiger partial charge in [-0.3, -0.25) is 0 Å². The van der Waals surface area contributed by atoms with E-state index in [4.69, 9.17) is 0 Å². The summed E-state index contributed by atoms with van der Waals surface area (Å²) in [5.74, 6) is -5.30. The second kappa shape index (κ2) is 8.43. The summed E-state index contributed by atoms with van der Waals surface area (Å²) in [7, 11) is -2.28. The van der Waals surface area contributed by atoms with E-state index in [9.17, 15) is 30.4 Å². The van der Waals surface area contributed by atoms with Crippen molar-refractivity contribution in [1.29, 1.82) is 0 Å². The van der Waals surface area contributed by atoms with Crippen LogP contribution >= 0.6 is 0 Å². The number of halogens is 5. The molecule has 0 fully saturated rings.